The van der Waals surface area contributed by atoms with Crippen LogP contribution in [0.25, 0.3) is 0 Å². The first-order chi connectivity index (χ1) is 9.63. The Labute approximate surface area is 130 Å². The second kappa shape index (κ2) is 7.82. The maximum Gasteiger partial charge on any atom is 0.220 e. The molecule has 20 heavy (non-hydrogen) atoms. The number of halogens is 1. The Kier molecular flexibility index (Phi) is 6.08. The molecular weight excluding hydrogens is 314 g/mol. The van der Waals surface area contributed by atoms with Gasteiger partial charge in [-0.3, -0.25) is 4.79 Å². The SMILES string of the molecule is Cc1ccc(CCC(=O)NCC2CCCC(Br)C2)cc1. The number of carbonyl (C=O) groups excluding carboxylic acids is 1. The number of amides is 1. The number of nitrogens with one attached hydrogen (secondary N) is 1. The van der Waals surface area contributed by atoms with E-state index in [2.05, 4.69) is 52.4 Å². The van der Waals surface area contributed by atoms with E-state index in [4.69, 9.17) is 0 Å². The third-order valence-electron chi connectivity index (χ3n) is 4.07. The fourth-order valence-electron chi connectivity index (χ4n) is 2.77. The van der Waals surface area contributed by atoms with Crippen LogP contribution in [0.1, 0.15) is 43.2 Å². The summed E-state index contributed by atoms with van der Waals surface area (Å²) in [5.41, 5.74) is 2.50. The summed E-state index contributed by atoms with van der Waals surface area (Å²) in [6.45, 7) is 2.92. The molecule has 0 radical (unpaired) electrons. The first-order valence-corrected chi connectivity index (χ1v) is 8.51. The Morgan fingerprint density at radius 2 is 2.05 bits per heavy atom. The number of carbonyl (C=O) groups is 1. The van der Waals surface area contributed by atoms with E-state index in [1.165, 1.54) is 36.8 Å². The van der Waals surface area contributed by atoms with Crippen molar-refractivity contribution in [2.75, 3.05) is 6.54 Å². The molecule has 0 aliphatic heterocycles. The molecule has 1 N–H and O–H groups in total. The molecule has 2 atom stereocenters. The molecule has 1 fully saturated rings. The summed E-state index contributed by atoms with van der Waals surface area (Å²) in [4.78, 5) is 12.5. The van der Waals surface area contributed by atoms with E-state index in [0.29, 0.717) is 17.2 Å². The lowest BCUT2D eigenvalue weighted by Crippen LogP contribution is -2.32. The van der Waals surface area contributed by atoms with Crippen LogP contribution in [0.5, 0.6) is 0 Å². The Balaban J connectivity index is 1.66. The van der Waals surface area contributed by atoms with Gasteiger partial charge in [0.15, 0.2) is 0 Å². The molecule has 2 nitrogen and oxygen atoms in total. The average Bonchev–Trinajstić information content (AvgIpc) is 2.45. The fraction of sp³-hybridized carbons (Fsp3) is 0.588. The summed E-state index contributed by atoms with van der Waals surface area (Å²) < 4.78 is 0. The lowest BCUT2D eigenvalue weighted by atomic mass is 9.89. The number of rotatable bonds is 5. The first kappa shape index (κ1) is 15.6. The molecule has 1 aliphatic carbocycles. The summed E-state index contributed by atoms with van der Waals surface area (Å²) >= 11 is 3.69. The van der Waals surface area contributed by atoms with Gasteiger partial charge in [0.1, 0.15) is 0 Å². The summed E-state index contributed by atoms with van der Waals surface area (Å²) in [6.07, 6.45) is 6.42. The molecule has 2 unspecified atom stereocenters. The van der Waals surface area contributed by atoms with E-state index < -0.39 is 0 Å². The van der Waals surface area contributed by atoms with Crippen LogP contribution in [0.3, 0.4) is 0 Å². The summed E-state index contributed by atoms with van der Waals surface area (Å²) in [7, 11) is 0. The van der Waals surface area contributed by atoms with Crippen molar-refractivity contribution in [3.05, 3.63) is 35.4 Å². The average molecular weight is 338 g/mol. The van der Waals surface area contributed by atoms with Gasteiger partial charge in [0, 0.05) is 17.8 Å². The first-order valence-electron chi connectivity index (χ1n) is 7.60. The third kappa shape index (κ3) is 5.28. The molecule has 1 saturated carbocycles. The lowest BCUT2D eigenvalue weighted by molar-refractivity contribution is -0.121. The van der Waals surface area contributed by atoms with Crippen LogP contribution in [-0.4, -0.2) is 17.3 Å². The normalized spacial score (nSPS) is 22.5. The number of hydrogen-bond acceptors (Lipinski definition) is 1. The number of alkyl halides is 1. The number of benzene rings is 1. The van der Waals surface area contributed by atoms with Crippen molar-refractivity contribution in [3.63, 3.8) is 0 Å². The summed E-state index contributed by atoms with van der Waals surface area (Å²) in [5, 5.41) is 3.09. The standard InChI is InChI=1S/C17H24BrNO/c1-13-5-7-14(8-6-13)9-10-17(20)19-12-15-3-2-4-16(18)11-15/h5-8,15-16H,2-4,9-12H2,1H3,(H,19,20). The van der Waals surface area contributed by atoms with Gasteiger partial charge in [-0.1, -0.05) is 52.2 Å². The predicted octanol–water partition coefficient (Wildman–Crippen LogP) is 4.00. The molecule has 0 heterocycles. The van der Waals surface area contributed by atoms with Crippen molar-refractivity contribution in [3.8, 4) is 0 Å². The van der Waals surface area contributed by atoms with Gasteiger partial charge in [0.05, 0.1) is 0 Å². The summed E-state index contributed by atoms with van der Waals surface area (Å²) in [6, 6.07) is 8.43. The number of hydrogen-bond donors (Lipinski definition) is 1. The van der Waals surface area contributed by atoms with Gasteiger partial charge >= 0.3 is 0 Å². The molecule has 2 rings (SSSR count). The Hall–Kier alpha value is -0.830. The van der Waals surface area contributed by atoms with Crippen LogP contribution < -0.4 is 5.32 Å². The zero-order chi connectivity index (χ0) is 14.4. The molecule has 3 heteroatoms. The minimum absolute atomic E-state index is 0.183. The predicted molar refractivity (Wildman–Crippen MR) is 87.2 cm³/mol. The molecule has 1 aromatic rings. The molecule has 110 valence electrons. The number of aryl methyl sites for hydroxylation is 2. The molecule has 0 bridgehead atoms. The Morgan fingerprint density at radius 1 is 1.30 bits per heavy atom. The van der Waals surface area contributed by atoms with Crippen molar-refractivity contribution < 1.29 is 4.79 Å². The van der Waals surface area contributed by atoms with Gasteiger partial charge in [-0.2, -0.15) is 0 Å². The maximum atomic E-state index is 11.9. The smallest absolute Gasteiger partial charge is 0.220 e. The second-order valence-electron chi connectivity index (χ2n) is 5.92. The van der Waals surface area contributed by atoms with Gasteiger partial charge in [0.2, 0.25) is 5.91 Å². The molecule has 0 spiro atoms. The van der Waals surface area contributed by atoms with Crippen LogP contribution >= 0.6 is 15.9 Å². The monoisotopic (exact) mass is 337 g/mol. The Bertz CT molecular complexity index is 429. The van der Waals surface area contributed by atoms with E-state index in [1.807, 2.05) is 0 Å². The van der Waals surface area contributed by atoms with E-state index in [-0.39, 0.29) is 5.91 Å². The highest BCUT2D eigenvalue weighted by molar-refractivity contribution is 9.09. The molecule has 1 aromatic carbocycles. The minimum atomic E-state index is 0.183. The quantitative estimate of drug-likeness (QED) is 0.808. The van der Waals surface area contributed by atoms with Gasteiger partial charge in [-0.05, 0) is 44.1 Å². The highest BCUT2D eigenvalue weighted by Gasteiger charge is 2.20. The van der Waals surface area contributed by atoms with Crippen molar-refractivity contribution in [1.82, 2.24) is 5.32 Å². The van der Waals surface area contributed by atoms with E-state index in [0.717, 1.165) is 13.0 Å². The highest BCUT2D eigenvalue weighted by atomic mass is 79.9. The lowest BCUT2D eigenvalue weighted by Gasteiger charge is -2.25. The molecular formula is C17H24BrNO. The van der Waals surface area contributed by atoms with Crippen molar-refractivity contribution in [2.45, 2.75) is 50.3 Å². The van der Waals surface area contributed by atoms with Crippen LogP contribution in [-0.2, 0) is 11.2 Å². The van der Waals surface area contributed by atoms with Gasteiger partial charge < -0.3 is 5.32 Å². The Morgan fingerprint density at radius 3 is 2.75 bits per heavy atom. The van der Waals surface area contributed by atoms with E-state index >= 15 is 0 Å². The summed E-state index contributed by atoms with van der Waals surface area (Å²) in [5.74, 6) is 0.832. The highest BCUT2D eigenvalue weighted by Crippen LogP contribution is 2.28. The second-order valence-corrected chi connectivity index (χ2v) is 7.21. The van der Waals surface area contributed by atoms with Gasteiger partial charge in [-0.15, -0.1) is 0 Å². The van der Waals surface area contributed by atoms with Gasteiger partial charge in [-0.25, -0.2) is 0 Å². The third-order valence-corrected chi connectivity index (χ3v) is 4.90. The topological polar surface area (TPSA) is 29.1 Å². The van der Waals surface area contributed by atoms with Crippen molar-refractivity contribution in [2.24, 2.45) is 5.92 Å². The largest absolute Gasteiger partial charge is 0.356 e. The van der Waals surface area contributed by atoms with Crippen LogP contribution in [0, 0.1) is 12.8 Å². The molecule has 0 aromatic heterocycles. The van der Waals surface area contributed by atoms with E-state index in [9.17, 15) is 4.79 Å². The van der Waals surface area contributed by atoms with E-state index in [1.54, 1.807) is 0 Å². The zero-order valence-corrected chi connectivity index (χ0v) is 13.8. The van der Waals surface area contributed by atoms with Crippen LogP contribution in [0.4, 0.5) is 0 Å². The molecule has 1 aliphatic rings. The van der Waals surface area contributed by atoms with Crippen LogP contribution in [0.15, 0.2) is 24.3 Å². The van der Waals surface area contributed by atoms with Crippen LogP contribution in [0.2, 0.25) is 0 Å². The fourth-order valence-corrected chi connectivity index (χ4v) is 3.62. The maximum absolute atomic E-state index is 11.9. The zero-order valence-electron chi connectivity index (χ0n) is 12.2. The van der Waals surface area contributed by atoms with Crippen molar-refractivity contribution >= 4 is 21.8 Å². The molecule has 1 amide bonds. The van der Waals surface area contributed by atoms with Gasteiger partial charge in [0.25, 0.3) is 0 Å². The minimum Gasteiger partial charge on any atom is -0.356 e. The molecule has 0 saturated heterocycles. The van der Waals surface area contributed by atoms with Crippen molar-refractivity contribution in [1.29, 1.82) is 0 Å².